The van der Waals surface area contributed by atoms with Crippen LogP contribution in [0, 0.1) is 0 Å². The largest absolute Gasteiger partial charge is 0.462 e. The molecule has 1 unspecified atom stereocenters. The first-order valence-corrected chi connectivity index (χ1v) is 23.4. The molecule has 0 aliphatic carbocycles. The van der Waals surface area contributed by atoms with Gasteiger partial charge in [-0.05, 0) is 103 Å². The molecule has 6 heteroatoms. The predicted octanol–water partition coefficient (Wildman–Crippen LogP) is 15.2. The number of carbonyl (C=O) groups is 3. The van der Waals surface area contributed by atoms with E-state index in [4.69, 9.17) is 14.2 Å². The molecule has 0 aliphatic rings. The monoisotopic (exact) mass is 817 g/mol. The fourth-order valence-electron chi connectivity index (χ4n) is 5.88. The van der Waals surface area contributed by atoms with Crippen LogP contribution in [0.25, 0.3) is 0 Å². The van der Waals surface area contributed by atoms with E-state index >= 15 is 0 Å². The average molecular weight is 817 g/mol. The highest BCUT2D eigenvalue weighted by Gasteiger charge is 2.19. The minimum Gasteiger partial charge on any atom is -0.462 e. The van der Waals surface area contributed by atoms with Crippen LogP contribution in [0.4, 0.5) is 0 Å². The van der Waals surface area contributed by atoms with Gasteiger partial charge < -0.3 is 14.2 Å². The Morgan fingerprint density at radius 1 is 0.356 bits per heavy atom. The molecule has 0 rings (SSSR count). The summed E-state index contributed by atoms with van der Waals surface area (Å²) in [4.78, 5) is 37.8. The first kappa shape index (κ1) is 55.1. The van der Waals surface area contributed by atoms with Crippen molar-refractivity contribution in [1.29, 1.82) is 0 Å². The molecule has 0 bridgehead atoms. The van der Waals surface area contributed by atoms with Gasteiger partial charge in [0.1, 0.15) is 13.2 Å². The Hall–Kier alpha value is -3.93. The third-order valence-electron chi connectivity index (χ3n) is 9.31. The fraction of sp³-hybridized carbons (Fsp3) is 0.604. The van der Waals surface area contributed by atoms with Crippen molar-refractivity contribution in [3.8, 4) is 0 Å². The van der Waals surface area contributed by atoms with Gasteiger partial charge in [-0.2, -0.15) is 0 Å². The maximum absolute atomic E-state index is 12.7. The Morgan fingerprint density at radius 3 is 1.17 bits per heavy atom. The highest BCUT2D eigenvalue weighted by molar-refractivity contribution is 5.71. The minimum atomic E-state index is -0.811. The summed E-state index contributed by atoms with van der Waals surface area (Å²) < 4.78 is 16.7. The van der Waals surface area contributed by atoms with Gasteiger partial charge in [0.15, 0.2) is 6.10 Å². The van der Waals surface area contributed by atoms with Crippen molar-refractivity contribution >= 4 is 17.9 Å². The van der Waals surface area contributed by atoms with Gasteiger partial charge in [0.25, 0.3) is 0 Å². The predicted molar refractivity (Wildman–Crippen MR) is 251 cm³/mol. The van der Waals surface area contributed by atoms with E-state index < -0.39 is 6.10 Å². The van der Waals surface area contributed by atoms with Gasteiger partial charge >= 0.3 is 17.9 Å². The normalized spacial score (nSPS) is 13.1. The van der Waals surface area contributed by atoms with Crippen molar-refractivity contribution in [2.45, 2.75) is 194 Å². The van der Waals surface area contributed by atoms with Gasteiger partial charge in [0.05, 0.1) is 0 Å². The van der Waals surface area contributed by atoms with Crippen molar-refractivity contribution in [3.63, 3.8) is 0 Å². The summed E-state index contributed by atoms with van der Waals surface area (Å²) in [6.07, 6.45) is 62.2. The van der Waals surface area contributed by atoms with Crippen LogP contribution < -0.4 is 0 Å². The van der Waals surface area contributed by atoms with Crippen molar-refractivity contribution < 1.29 is 28.6 Å². The van der Waals surface area contributed by atoms with Crippen molar-refractivity contribution in [1.82, 2.24) is 0 Å². The summed E-state index contributed by atoms with van der Waals surface area (Å²) in [6, 6.07) is 0. The number of esters is 3. The maximum Gasteiger partial charge on any atom is 0.306 e. The third kappa shape index (κ3) is 45.0. The highest BCUT2D eigenvalue weighted by atomic mass is 16.6. The summed E-state index contributed by atoms with van der Waals surface area (Å²) in [5, 5.41) is 0. The zero-order valence-corrected chi connectivity index (χ0v) is 37.7. The van der Waals surface area contributed by atoms with Crippen LogP contribution in [-0.2, 0) is 28.6 Å². The van der Waals surface area contributed by atoms with Gasteiger partial charge in [0.2, 0.25) is 0 Å². The Balaban J connectivity index is 4.51. The summed E-state index contributed by atoms with van der Waals surface area (Å²) in [6.45, 7) is 6.18. The maximum atomic E-state index is 12.7. The van der Waals surface area contributed by atoms with Crippen molar-refractivity contribution in [2.24, 2.45) is 0 Å². The number of unbranched alkanes of at least 4 members (excludes halogenated alkanes) is 13. The zero-order chi connectivity index (χ0) is 43.0. The molecule has 0 N–H and O–H groups in total. The second-order valence-corrected chi connectivity index (χ2v) is 14.9. The summed E-state index contributed by atoms with van der Waals surface area (Å²) in [5.41, 5.74) is 0. The van der Waals surface area contributed by atoms with Crippen LogP contribution in [0.3, 0.4) is 0 Å². The van der Waals surface area contributed by atoms with Crippen molar-refractivity contribution in [3.05, 3.63) is 109 Å². The smallest absolute Gasteiger partial charge is 0.306 e. The highest BCUT2D eigenvalue weighted by Crippen LogP contribution is 2.12. The van der Waals surface area contributed by atoms with E-state index in [1.165, 1.54) is 25.7 Å². The molecule has 0 heterocycles. The molecule has 332 valence electrons. The summed E-state index contributed by atoms with van der Waals surface area (Å²) in [7, 11) is 0. The van der Waals surface area contributed by atoms with Crippen LogP contribution in [0.15, 0.2) is 109 Å². The molecular weight excluding hydrogens is 733 g/mol. The molecule has 0 aromatic rings. The number of hydrogen-bond donors (Lipinski definition) is 0. The lowest BCUT2D eigenvalue weighted by atomic mass is 10.1. The van der Waals surface area contributed by atoms with E-state index in [1.807, 2.05) is 0 Å². The second-order valence-electron chi connectivity index (χ2n) is 14.9. The minimum absolute atomic E-state index is 0.109. The molecule has 0 amide bonds. The molecule has 0 saturated heterocycles. The van der Waals surface area contributed by atoms with Crippen LogP contribution >= 0.6 is 0 Å². The topological polar surface area (TPSA) is 78.9 Å². The number of hydrogen-bond acceptors (Lipinski definition) is 6. The molecule has 0 aliphatic heterocycles. The molecular formula is C53H84O6. The van der Waals surface area contributed by atoms with Crippen LogP contribution in [-0.4, -0.2) is 37.2 Å². The summed E-state index contributed by atoms with van der Waals surface area (Å²) >= 11 is 0. The number of ether oxygens (including phenoxy) is 3. The molecule has 6 nitrogen and oxygen atoms in total. The lowest BCUT2D eigenvalue weighted by molar-refractivity contribution is -0.167. The lowest BCUT2D eigenvalue weighted by Gasteiger charge is -2.18. The first-order chi connectivity index (χ1) is 29.0. The van der Waals surface area contributed by atoms with Gasteiger partial charge in [-0.1, -0.05) is 175 Å². The van der Waals surface area contributed by atoms with Crippen molar-refractivity contribution in [2.75, 3.05) is 13.2 Å². The fourth-order valence-corrected chi connectivity index (χ4v) is 5.88. The van der Waals surface area contributed by atoms with E-state index in [-0.39, 0.29) is 37.5 Å². The summed E-state index contributed by atoms with van der Waals surface area (Å²) in [5.74, 6) is -0.994. The molecule has 1 atom stereocenters. The molecule has 0 fully saturated rings. The van der Waals surface area contributed by atoms with Crippen LogP contribution in [0.5, 0.6) is 0 Å². The number of carbonyl (C=O) groups excluding carboxylic acids is 3. The van der Waals surface area contributed by atoms with Gasteiger partial charge in [-0.3, -0.25) is 14.4 Å². The second kappa shape index (κ2) is 46.8. The number of allylic oxidation sites excluding steroid dienone is 18. The van der Waals surface area contributed by atoms with Crippen LogP contribution in [0.1, 0.15) is 188 Å². The quantitative estimate of drug-likeness (QED) is 0.0201. The van der Waals surface area contributed by atoms with Gasteiger partial charge in [-0.15, -0.1) is 0 Å². The zero-order valence-electron chi connectivity index (χ0n) is 37.7. The van der Waals surface area contributed by atoms with E-state index in [9.17, 15) is 14.4 Å². The standard InChI is InChI=1S/C53H84O6/c1-4-7-10-13-16-19-22-25-27-29-31-34-37-40-43-46-52(55)58-49-50(48-57-51(54)45-42-39-36-33-30-24-21-18-15-12-9-6-3)59-53(56)47-44-41-38-35-32-28-26-23-20-17-14-11-8-5-2/h7-13,16-22,26,28,30,33,50H,4-6,14-15,23-25,27,29,31-32,34-49H2,1-3H3/b10-7-,11-8-,12-9-,16-13-,20-17-,21-18-,22-19-,28-26-,33-30-. The van der Waals surface area contributed by atoms with E-state index in [0.717, 1.165) is 122 Å². The molecule has 59 heavy (non-hydrogen) atoms. The van der Waals surface area contributed by atoms with E-state index in [2.05, 4.69) is 130 Å². The van der Waals surface area contributed by atoms with Gasteiger partial charge in [-0.25, -0.2) is 0 Å². The Kier molecular flexibility index (Phi) is 43.6. The SMILES string of the molecule is CC\C=C/C=C\C=C/CCCCCCCCCC(=O)OCC(COC(=O)CCCC/C=C\C/C=C\C/C=C\CC)OC(=O)CCCCCC/C=C\C/C=C\C/C=C\CC. The average Bonchev–Trinajstić information content (AvgIpc) is 3.23. The van der Waals surface area contributed by atoms with Gasteiger partial charge in [0, 0.05) is 19.3 Å². The van der Waals surface area contributed by atoms with E-state index in [1.54, 1.807) is 0 Å². The lowest BCUT2D eigenvalue weighted by Crippen LogP contribution is -2.30. The molecule has 0 radical (unpaired) electrons. The molecule has 0 aromatic heterocycles. The Labute approximate surface area is 361 Å². The Bertz CT molecular complexity index is 1260. The molecule has 0 aromatic carbocycles. The third-order valence-corrected chi connectivity index (χ3v) is 9.31. The number of rotatable bonds is 40. The van der Waals surface area contributed by atoms with Crippen LogP contribution in [0.2, 0.25) is 0 Å². The Morgan fingerprint density at radius 2 is 0.695 bits per heavy atom. The first-order valence-electron chi connectivity index (χ1n) is 23.4. The molecule has 0 saturated carbocycles. The molecule has 0 spiro atoms. The van der Waals surface area contributed by atoms with E-state index in [0.29, 0.717) is 12.8 Å².